The number of amides is 1. The first-order valence-electron chi connectivity index (χ1n) is 8.85. The fourth-order valence-corrected chi connectivity index (χ4v) is 2.87. The molecular formula is C22H19FN2O3. The van der Waals surface area contributed by atoms with Crippen LogP contribution in [0.3, 0.4) is 0 Å². The average molecular weight is 378 g/mol. The fourth-order valence-electron chi connectivity index (χ4n) is 2.87. The number of Topliss-reactive ketones (excluding diaryl/α,β-unsaturated/α-hetero) is 1. The maximum absolute atomic E-state index is 13.2. The van der Waals surface area contributed by atoms with Gasteiger partial charge in [0.25, 0.3) is 11.5 Å². The largest absolute Gasteiger partial charge is 0.354 e. The van der Waals surface area contributed by atoms with E-state index in [4.69, 9.17) is 0 Å². The van der Waals surface area contributed by atoms with Crippen molar-refractivity contribution < 1.29 is 14.0 Å². The van der Waals surface area contributed by atoms with Crippen LogP contribution >= 0.6 is 0 Å². The van der Waals surface area contributed by atoms with Gasteiger partial charge in [-0.05, 0) is 42.3 Å². The van der Waals surface area contributed by atoms with E-state index in [1.807, 2.05) is 30.3 Å². The van der Waals surface area contributed by atoms with Gasteiger partial charge < -0.3 is 5.32 Å². The van der Waals surface area contributed by atoms with E-state index in [-0.39, 0.29) is 5.56 Å². The number of nitrogens with one attached hydrogen (secondary N) is 1. The summed E-state index contributed by atoms with van der Waals surface area (Å²) in [5.41, 5.74) is 0.725. The van der Waals surface area contributed by atoms with Crippen molar-refractivity contribution in [3.8, 4) is 0 Å². The molecule has 0 bridgehead atoms. The maximum atomic E-state index is 13.2. The number of aromatic nitrogens is 1. The highest BCUT2D eigenvalue weighted by Gasteiger charge is 2.29. The zero-order valence-corrected chi connectivity index (χ0v) is 15.0. The van der Waals surface area contributed by atoms with Crippen LogP contribution in [0.25, 0.3) is 0 Å². The van der Waals surface area contributed by atoms with Crippen LogP contribution in [-0.2, 0) is 11.2 Å². The molecule has 1 N–H and O–H groups in total. The van der Waals surface area contributed by atoms with E-state index < -0.39 is 29.1 Å². The van der Waals surface area contributed by atoms with Crippen molar-refractivity contribution in [1.82, 2.24) is 9.88 Å². The molecule has 2 aromatic carbocycles. The molecule has 5 nitrogen and oxygen atoms in total. The first kappa shape index (κ1) is 19.2. The smallest absolute Gasteiger partial charge is 0.251 e. The standard InChI is InChI=1S/C22H19FN2O3/c23-18-11-9-17(10-12-18)21(27)20(25-15-5-4-8-19(25)26)22(28)24-14-13-16-6-2-1-3-7-16/h1-12,15,20H,13-14H2,(H,24,28). The van der Waals surface area contributed by atoms with Gasteiger partial charge in [-0.25, -0.2) is 4.39 Å². The van der Waals surface area contributed by atoms with Gasteiger partial charge in [-0.1, -0.05) is 36.4 Å². The summed E-state index contributed by atoms with van der Waals surface area (Å²) in [5, 5.41) is 2.73. The van der Waals surface area contributed by atoms with Crippen molar-refractivity contribution >= 4 is 11.7 Å². The van der Waals surface area contributed by atoms with Crippen LogP contribution in [0.5, 0.6) is 0 Å². The van der Waals surface area contributed by atoms with Crippen LogP contribution < -0.4 is 10.9 Å². The highest BCUT2D eigenvalue weighted by molar-refractivity contribution is 6.11. The minimum Gasteiger partial charge on any atom is -0.354 e. The SMILES string of the molecule is O=C(NCCc1ccccc1)C(C(=O)c1ccc(F)cc1)n1ccccc1=O. The van der Waals surface area contributed by atoms with E-state index in [9.17, 15) is 18.8 Å². The molecule has 1 amide bonds. The molecule has 0 saturated heterocycles. The van der Waals surface area contributed by atoms with Crippen molar-refractivity contribution in [2.24, 2.45) is 0 Å². The molecule has 3 aromatic rings. The number of hydrogen-bond acceptors (Lipinski definition) is 3. The molecule has 0 aliphatic rings. The van der Waals surface area contributed by atoms with Crippen LogP contribution in [0.15, 0.2) is 83.8 Å². The second kappa shape index (κ2) is 8.90. The minimum absolute atomic E-state index is 0.153. The second-order valence-corrected chi connectivity index (χ2v) is 6.25. The number of benzene rings is 2. The summed E-state index contributed by atoms with van der Waals surface area (Å²) in [5.74, 6) is -1.65. The number of carbonyl (C=O) groups excluding carboxylic acids is 2. The van der Waals surface area contributed by atoms with Gasteiger partial charge in [0.1, 0.15) is 5.82 Å². The predicted molar refractivity (Wildman–Crippen MR) is 104 cm³/mol. The molecular weight excluding hydrogens is 359 g/mol. The highest BCUT2D eigenvalue weighted by atomic mass is 19.1. The Labute approximate surface area is 161 Å². The summed E-state index contributed by atoms with van der Waals surface area (Å²) >= 11 is 0. The second-order valence-electron chi connectivity index (χ2n) is 6.25. The molecule has 0 aliphatic heterocycles. The van der Waals surface area contributed by atoms with Crippen LogP contribution in [0.1, 0.15) is 22.0 Å². The quantitative estimate of drug-likeness (QED) is 0.508. The molecule has 0 spiro atoms. The zero-order chi connectivity index (χ0) is 19.9. The Kier molecular flexibility index (Phi) is 6.11. The van der Waals surface area contributed by atoms with Crippen LogP contribution in [0.2, 0.25) is 0 Å². The molecule has 28 heavy (non-hydrogen) atoms. The van der Waals surface area contributed by atoms with E-state index in [1.54, 1.807) is 6.07 Å². The number of ketones is 1. The number of halogens is 1. The summed E-state index contributed by atoms with van der Waals surface area (Å²) in [7, 11) is 0. The molecule has 142 valence electrons. The van der Waals surface area contributed by atoms with Gasteiger partial charge in [-0.3, -0.25) is 19.0 Å². The van der Waals surface area contributed by atoms with Crippen molar-refractivity contribution in [3.63, 3.8) is 0 Å². The van der Waals surface area contributed by atoms with Gasteiger partial charge in [0.05, 0.1) is 0 Å². The van der Waals surface area contributed by atoms with E-state index in [0.29, 0.717) is 13.0 Å². The Morgan fingerprint density at radius 1 is 0.929 bits per heavy atom. The van der Waals surface area contributed by atoms with Crippen LogP contribution in [-0.4, -0.2) is 22.8 Å². The molecule has 1 aromatic heterocycles. The van der Waals surface area contributed by atoms with Crippen molar-refractivity contribution in [2.75, 3.05) is 6.54 Å². The van der Waals surface area contributed by atoms with Crippen molar-refractivity contribution in [1.29, 1.82) is 0 Å². The molecule has 0 saturated carbocycles. The van der Waals surface area contributed by atoms with Gasteiger partial charge in [0.2, 0.25) is 0 Å². The summed E-state index contributed by atoms with van der Waals surface area (Å²) in [6, 6.07) is 17.5. The molecule has 1 heterocycles. The number of rotatable bonds is 7. The number of nitrogens with zero attached hydrogens (tertiary/aromatic N) is 1. The first-order valence-corrected chi connectivity index (χ1v) is 8.85. The zero-order valence-electron chi connectivity index (χ0n) is 15.0. The lowest BCUT2D eigenvalue weighted by atomic mass is 10.0. The fraction of sp³-hybridized carbons (Fsp3) is 0.136. The molecule has 0 fully saturated rings. The van der Waals surface area contributed by atoms with E-state index in [1.165, 1.54) is 30.5 Å². The minimum atomic E-state index is -1.37. The third-order valence-corrected chi connectivity index (χ3v) is 4.31. The molecule has 1 unspecified atom stereocenters. The van der Waals surface area contributed by atoms with Gasteiger partial charge in [-0.2, -0.15) is 0 Å². The monoisotopic (exact) mass is 378 g/mol. The van der Waals surface area contributed by atoms with Gasteiger partial charge >= 0.3 is 0 Å². The third kappa shape index (κ3) is 4.59. The normalized spacial score (nSPS) is 11.6. The summed E-state index contributed by atoms with van der Waals surface area (Å²) < 4.78 is 14.3. The topological polar surface area (TPSA) is 68.2 Å². The third-order valence-electron chi connectivity index (χ3n) is 4.31. The lowest BCUT2D eigenvalue weighted by molar-refractivity contribution is -0.123. The van der Waals surface area contributed by atoms with E-state index in [2.05, 4.69) is 5.32 Å². The summed E-state index contributed by atoms with van der Waals surface area (Å²) in [4.78, 5) is 38.0. The summed E-state index contributed by atoms with van der Waals surface area (Å²) in [6.07, 6.45) is 1.99. The number of hydrogen-bond donors (Lipinski definition) is 1. The van der Waals surface area contributed by atoms with Crippen LogP contribution in [0.4, 0.5) is 4.39 Å². The predicted octanol–water partition coefficient (Wildman–Crippen LogP) is 2.77. The first-order chi connectivity index (χ1) is 13.6. The summed E-state index contributed by atoms with van der Waals surface area (Å²) in [6.45, 7) is 0.317. The Morgan fingerprint density at radius 3 is 2.29 bits per heavy atom. The Hall–Kier alpha value is -3.54. The molecule has 6 heteroatoms. The van der Waals surface area contributed by atoms with Crippen LogP contribution in [0, 0.1) is 5.82 Å². The number of pyridine rings is 1. The Bertz CT molecular complexity index is 1010. The van der Waals surface area contributed by atoms with E-state index >= 15 is 0 Å². The Balaban J connectivity index is 1.82. The lowest BCUT2D eigenvalue weighted by Crippen LogP contribution is -2.41. The Morgan fingerprint density at radius 2 is 1.61 bits per heavy atom. The van der Waals surface area contributed by atoms with Gasteiger partial charge in [-0.15, -0.1) is 0 Å². The number of carbonyl (C=O) groups is 2. The molecule has 3 rings (SSSR count). The maximum Gasteiger partial charge on any atom is 0.251 e. The van der Waals surface area contributed by atoms with Gasteiger partial charge in [0.15, 0.2) is 11.8 Å². The van der Waals surface area contributed by atoms with Crippen molar-refractivity contribution in [3.05, 3.63) is 106 Å². The molecule has 0 radical (unpaired) electrons. The highest BCUT2D eigenvalue weighted by Crippen LogP contribution is 2.14. The van der Waals surface area contributed by atoms with Crippen molar-refractivity contribution in [2.45, 2.75) is 12.5 Å². The average Bonchev–Trinajstić information content (AvgIpc) is 2.71. The lowest BCUT2D eigenvalue weighted by Gasteiger charge is -2.18. The van der Waals surface area contributed by atoms with Gasteiger partial charge in [0, 0.05) is 24.4 Å². The molecule has 1 atom stereocenters. The van der Waals surface area contributed by atoms with E-state index in [0.717, 1.165) is 22.3 Å². The molecule has 0 aliphatic carbocycles.